The number of amides is 1. The highest BCUT2D eigenvalue weighted by atomic mass is 32.2. The van der Waals surface area contributed by atoms with Crippen LogP contribution in [0.1, 0.15) is 23.7 Å². The van der Waals surface area contributed by atoms with Crippen LogP contribution in [0.3, 0.4) is 0 Å². The molecule has 5 nitrogen and oxygen atoms in total. The summed E-state index contributed by atoms with van der Waals surface area (Å²) < 4.78 is 49.2. The Morgan fingerprint density at radius 1 is 1.45 bits per heavy atom. The van der Waals surface area contributed by atoms with E-state index in [1.54, 1.807) is 0 Å². The Morgan fingerprint density at radius 2 is 2.05 bits per heavy atom. The van der Waals surface area contributed by atoms with Gasteiger partial charge >= 0.3 is 0 Å². The van der Waals surface area contributed by atoms with Crippen molar-refractivity contribution in [2.45, 2.75) is 18.2 Å². The average molecular weight is 304 g/mol. The molecule has 1 aromatic carbocycles. The first-order valence-electron chi connectivity index (χ1n) is 6.00. The molecule has 110 valence electrons. The SMILES string of the molecule is CC1CC1CNC(=O)c1cc(S(N)(=O)=O)cc(F)c1F. The number of primary sulfonamides is 1. The summed E-state index contributed by atoms with van der Waals surface area (Å²) >= 11 is 0. The molecule has 1 aliphatic rings. The molecule has 0 bridgehead atoms. The van der Waals surface area contributed by atoms with Gasteiger partial charge in [0.25, 0.3) is 5.91 Å². The number of sulfonamides is 1. The average Bonchev–Trinajstić information content (AvgIpc) is 3.04. The molecule has 0 spiro atoms. The molecule has 20 heavy (non-hydrogen) atoms. The van der Waals surface area contributed by atoms with Crippen LogP contribution in [-0.2, 0) is 10.0 Å². The molecule has 2 rings (SSSR count). The lowest BCUT2D eigenvalue weighted by Crippen LogP contribution is -2.27. The van der Waals surface area contributed by atoms with Gasteiger partial charge in [0, 0.05) is 6.54 Å². The van der Waals surface area contributed by atoms with Crippen molar-refractivity contribution in [1.82, 2.24) is 5.32 Å². The van der Waals surface area contributed by atoms with Crippen LogP contribution in [-0.4, -0.2) is 20.9 Å². The summed E-state index contributed by atoms with van der Waals surface area (Å²) in [5.41, 5.74) is -0.665. The van der Waals surface area contributed by atoms with E-state index in [9.17, 15) is 22.0 Å². The van der Waals surface area contributed by atoms with Crippen LogP contribution < -0.4 is 10.5 Å². The zero-order chi connectivity index (χ0) is 15.1. The van der Waals surface area contributed by atoms with Crippen molar-refractivity contribution in [2.24, 2.45) is 17.0 Å². The van der Waals surface area contributed by atoms with E-state index in [2.05, 4.69) is 5.32 Å². The minimum Gasteiger partial charge on any atom is -0.352 e. The summed E-state index contributed by atoms with van der Waals surface area (Å²) in [6.07, 6.45) is 0.967. The number of rotatable bonds is 4. The van der Waals surface area contributed by atoms with Gasteiger partial charge in [-0.15, -0.1) is 0 Å². The third-order valence-electron chi connectivity index (χ3n) is 3.38. The minimum atomic E-state index is -4.21. The van der Waals surface area contributed by atoms with Crippen LogP contribution in [0.25, 0.3) is 0 Å². The normalized spacial score (nSPS) is 21.6. The fourth-order valence-electron chi connectivity index (χ4n) is 1.90. The van der Waals surface area contributed by atoms with Crippen molar-refractivity contribution in [3.63, 3.8) is 0 Å². The lowest BCUT2D eigenvalue weighted by atomic mass is 10.2. The molecule has 0 aliphatic heterocycles. The molecule has 0 heterocycles. The predicted octanol–water partition coefficient (Wildman–Crippen LogP) is 0.998. The Kier molecular flexibility index (Phi) is 3.79. The number of nitrogens with one attached hydrogen (secondary N) is 1. The summed E-state index contributed by atoms with van der Waals surface area (Å²) in [5.74, 6) is -2.85. The molecular formula is C12H14F2N2O3S. The minimum absolute atomic E-state index is 0.327. The summed E-state index contributed by atoms with van der Waals surface area (Å²) in [5, 5.41) is 7.30. The van der Waals surface area contributed by atoms with Crippen molar-refractivity contribution >= 4 is 15.9 Å². The first kappa shape index (κ1) is 14.9. The van der Waals surface area contributed by atoms with Gasteiger partial charge in [-0.3, -0.25) is 4.79 Å². The summed E-state index contributed by atoms with van der Waals surface area (Å²) in [6.45, 7) is 2.36. The zero-order valence-electron chi connectivity index (χ0n) is 10.7. The van der Waals surface area contributed by atoms with E-state index >= 15 is 0 Å². The van der Waals surface area contributed by atoms with Crippen molar-refractivity contribution in [3.8, 4) is 0 Å². The number of hydrogen-bond donors (Lipinski definition) is 2. The molecule has 0 radical (unpaired) electrons. The van der Waals surface area contributed by atoms with Crippen LogP contribution in [0.15, 0.2) is 17.0 Å². The molecule has 1 amide bonds. The van der Waals surface area contributed by atoms with Crippen molar-refractivity contribution in [2.75, 3.05) is 6.54 Å². The number of carbonyl (C=O) groups excluding carboxylic acids is 1. The van der Waals surface area contributed by atoms with Gasteiger partial charge < -0.3 is 5.32 Å². The third-order valence-corrected chi connectivity index (χ3v) is 4.27. The number of benzene rings is 1. The molecule has 1 fully saturated rings. The number of nitrogens with two attached hydrogens (primary N) is 1. The van der Waals surface area contributed by atoms with Crippen molar-refractivity contribution in [3.05, 3.63) is 29.3 Å². The van der Waals surface area contributed by atoms with Gasteiger partial charge in [-0.25, -0.2) is 22.3 Å². The Morgan fingerprint density at radius 3 is 2.55 bits per heavy atom. The number of hydrogen-bond acceptors (Lipinski definition) is 3. The van der Waals surface area contributed by atoms with E-state index in [-0.39, 0.29) is 0 Å². The molecule has 8 heteroatoms. The monoisotopic (exact) mass is 304 g/mol. The molecule has 0 saturated heterocycles. The highest BCUT2D eigenvalue weighted by Gasteiger charge is 2.32. The predicted molar refractivity (Wildman–Crippen MR) is 67.3 cm³/mol. The Labute approximate surface area is 115 Å². The lowest BCUT2D eigenvalue weighted by molar-refractivity contribution is 0.0946. The number of carbonyl (C=O) groups is 1. The van der Waals surface area contributed by atoms with Crippen LogP contribution >= 0.6 is 0 Å². The van der Waals surface area contributed by atoms with Crippen LogP contribution in [0, 0.1) is 23.5 Å². The molecule has 1 aromatic rings. The van der Waals surface area contributed by atoms with E-state index < -0.39 is 38.0 Å². The maximum Gasteiger partial charge on any atom is 0.254 e. The highest BCUT2D eigenvalue weighted by Crippen LogP contribution is 2.36. The quantitative estimate of drug-likeness (QED) is 0.869. The molecule has 3 N–H and O–H groups in total. The smallest absolute Gasteiger partial charge is 0.254 e. The fourth-order valence-corrected chi connectivity index (χ4v) is 2.45. The first-order valence-corrected chi connectivity index (χ1v) is 7.55. The largest absolute Gasteiger partial charge is 0.352 e. The van der Waals surface area contributed by atoms with Gasteiger partial charge in [0.1, 0.15) is 0 Å². The van der Waals surface area contributed by atoms with Gasteiger partial charge in [0.15, 0.2) is 11.6 Å². The highest BCUT2D eigenvalue weighted by molar-refractivity contribution is 7.89. The third kappa shape index (κ3) is 3.13. The van der Waals surface area contributed by atoms with Gasteiger partial charge in [-0.05, 0) is 30.4 Å². The van der Waals surface area contributed by atoms with Gasteiger partial charge in [0.2, 0.25) is 10.0 Å². The zero-order valence-corrected chi connectivity index (χ0v) is 11.5. The molecule has 0 aromatic heterocycles. The Balaban J connectivity index is 2.25. The standard InChI is InChI=1S/C12H14F2N2O3S/c1-6-2-7(6)5-16-12(17)9-3-8(20(15,18)19)4-10(13)11(9)14/h3-4,6-7H,2,5H2,1H3,(H,16,17)(H2,15,18,19). The molecular weight excluding hydrogens is 290 g/mol. The first-order chi connectivity index (χ1) is 9.20. The molecule has 1 saturated carbocycles. The van der Waals surface area contributed by atoms with E-state index in [0.717, 1.165) is 12.5 Å². The summed E-state index contributed by atoms with van der Waals surface area (Å²) in [6, 6.07) is 1.18. The van der Waals surface area contributed by atoms with Gasteiger partial charge in [0.05, 0.1) is 10.5 Å². The summed E-state index contributed by atoms with van der Waals surface area (Å²) in [7, 11) is -4.21. The van der Waals surface area contributed by atoms with Gasteiger partial charge in [-0.1, -0.05) is 6.92 Å². The summed E-state index contributed by atoms with van der Waals surface area (Å²) in [4.78, 5) is 11.1. The van der Waals surface area contributed by atoms with Crippen LogP contribution in [0.5, 0.6) is 0 Å². The maximum atomic E-state index is 13.6. The lowest BCUT2D eigenvalue weighted by Gasteiger charge is -2.08. The van der Waals surface area contributed by atoms with E-state index in [0.29, 0.717) is 24.4 Å². The van der Waals surface area contributed by atoms with Gasteiger partial charge in [-0.2, -0.15) is 0 Å². The van der Waals surface area contributed by atoms with Crippen molar-refractivity contribution < 1.29 is 22.0 Å². The second kappa shape index (κ2) is 5.10. The van der Waals surface area contributed by atoms with Crippen LogP contribution in [0.2, 0.25) is 0 Å². The number of halogens is 2. The van der Waals surface area contributed by atoms with E-state index in [1.807, 2.05) is 6.92 Å². The van der Waals surface area contributed by atoms with E-state index in [4.69, 9.17) is 5.14 Å². The Hall–Kier alpha value is -1.54. The molecule has 2 unspecified atom stereocenters. The topological polar surface area (TPSA) is 89.3 Å². The van der Waals surface area contributed by atoms with Crippen LogP contribution in [0.4, 0.5) is 8.78 Å². The molecule has 1 aliphatic carbocycles. The maximum absolute atomic E-state index is 13.6. The van der Waals surface area contributed by atoms with Crippen molar-refractivity contribution in [1.29, 1.82) is 0 Å². The second-order valence-electron chi connectivity index (χ2n) is 4.99. The van der Waals surface area contributed by atoms with E-state index in [1.165, 1.54) is 0 Å². The molecule has 2 atom stereocenters. The fraction of sp³-hybridized carbons (Fsp3) is 0.417. The second-order valence-corrected chi connectivity index (χ2v) is 6.56. The Bertz CT molecular complexity index is 661.